The zero-order valence-electron chi connectivity index (χ0n) is 6.66. The molecule has 0 aromatic carbocycles. The van der Waals surface area contributed by atoms with Crippen molar-refractivity contribution < 1.29 is 4.79 Å². The van der Waals surface area contributed by atoms with Gasteiger partial charge in [-0.1, -0.05) is 0 Å². The molecule has 0 atom stereocenters. The highest BCUT2D eigenvalue weighted by molar-refractivity contribution is 5.77. The fraction of sp³-hybridized carbons (Fsp3) is 0.429. The van der Waals surface area contributed by atoms with E-state index >= 15 is 0 Å². The maximum absolute atomic E-state index is 10.8. The van der Waals surface area contributed by atoms with E-state index in [0.717, 1.165) is 5.69 Å². The fourth-order valence-electron chi connectivity index (χ4n) is 0.811. The highest BCUT2D eigenvalue weighted by Gasteiger charge is 2.01. The molecule has 0 spiro atoms. The Morgan fingerprint density at radius 2 is 2.55 bits per heavy atom. The van der Waals surface area contributed by atoms with Gasteiger partial charge in [-0.25, -0.2) is 4.98 Å². The maximum atomic E-state index is 10.8. The molecule has 0 saturated heterocycles. The molecule has 0 unspecified atom stereocenters. The van der Waals surface area contributed by atoms with Gasteiger partial charge in [0.05, 0.1) is 18.4 Å². The van der Waals surface area contributed by atoms with E-state index in [1.165, 1.54) is 0 Å². The van der Waals surface area contributed by atoms with E-state index in [2.05, 4.69) is 10.3 Å². The molecule has 0 radical (unpaired) electrons. The topological polar surface area (TPSA) is 46.9 Å². The minimum atomic E-state index is -0.0105. The minimum absolute atomic E-state index is 0.0105. The van der Waals surface area contributed by atoms with Crippen molar-refractivity contribution in [1.29, 1.82) is 0 Å². The van der Waals surface area contributed by atoms with Gasteiger partial charge in [-0.15, -0.1) is 0 Å². The molecule has 0 bridgehead atoms. The number of aryl methyl sites for hydroxylation is 1. The Hall–Kier alpha value is -1.32. The Labute approximate surface area is 65.2 Å². The van der Waals surface area contributed by atoms with Crippen molar-refractivity contribution >= 4 is 5.91 Å². The van der Waals surface area contributed by atoms with Gasteiger partial charge in [0.2, 0.25) is 5.91 Å². The summed E-state index contributed by atoms with van der Waals surface area (Å²) in [7, 11) is 3.49. The molecule has 0 aliphatic heterocycles. The summed E-state index contributed by atoms with van der Waals surface area (Å²) in [6.07, 6.45) is 3.87. The summed E-state index contributed by atoms with van der Waals surface area (Å²) in [4.78, 5) is 14.8. The summed E-state index contributed by atoms with van der Waals surface area (Å²) in [5, 5.41) is 2.53. The molecule has 60 valence electrons. The predicted molar refractivity (Wildman–Crippen MR) is 41.0 cm³/mol. The molecule has 1 heterocycles. The number of imidazole rings is 1. The average molecular weight is 153 g/mol. The number of hydrogen-bond donors (Lipinski definition) is 1. The van der Waals surface area contributed by atoms with Gasteiger partial charge in [0.1, 0.15) is 0 Å². The first kappa shape index (κ1) is 7.78. The smallest absolute Gasteiger partial charge is 0.225 e. The quantitative estimate of drug-likeness (QED) is 0.634. The van der Waals surface area contributed by atoms with Gasteiger partial charge in [-0.05, 0) is 0 Å². The first-order valence-electron chi connectivity index (χ1n) is 3.40. The first-order valence-corrected chi connectivity index (χ1v) is 3.40. The maximum Gasteiger partial charge on any atom is 0.225 e. The third-order valence-corrected chi connectivity index (χ3v) is 1.38. The molecular formula is C7H11N3O. The molecule has 1 rings (SSSR count). The molecular weight excluding hydrogens is 142 g/mol. The van der Waals surface area contributed by atoms with Crippen molar-refractivity contribution in [2.45, 2.75) is 6.42 Å². The Morgan fingerprint density at radius 3 is 3.00 bits per heavy atom. The third kappa shape index (κ3) is 2.07. The van der Waals surface area contributed by atoms with Crippen LogP contribution in [0.5, 0.6) is 0 Å². The average Bonchev–Trinajstić information content (AvgIpc) is 2.35. The van der Waals surface area contributed by atoms with Crippen LogP contribution >= 0.6 is 0 Å². The van der Waals surface area contributed by atoms with Crippen LogP contribution in [0, 0.1) is 0 Å². The number of carbonyl (C=O) groups is 1. The van der Waals surface area contributed by atoms with Crippen molar-refractivity contribution in [2.24, 2.45) is 7.05 Å². The fourth-order valence-corrected chi connectivity index (χ4v) is 0.811. The van der Waals surface area contributed by atoms with Crippen LogP contribution in [-0.2, 0) is 18.3 Å². The number of likely N-dealkylation sites (N-methyl/N-ethyl adjacent to an activating group) is 1. The van der Waals surface area contributed by atoms with E-state index < -0.39 is 0 Å². The van der Waals surface area contributed by atoms with Crippen molar-refractivity contribution in [3.8, 4) is 0 Å². The molecule has 0 fully saturated rings. The number of rotatable bonds is 2. The third-order valence-electron chi connectivity index (χ3n) is 1.38. The van der Waals surface area contributed by atoms with Crippen LogP contribution in [0.2, 0.25) is 0 Å². The molecule has 0 saturated carbocycles. The summed E-state index contributed by atoms with van der Waals surface area (Å²) >= 11 is 0. The Kier molecular flexibility index (Phi) is 2.25. The molecule has 4 nitrogen and oxygen atoms in total. The zero-order valence-corrected chi connectivity index (χ0v) is 6.66. The molecule has 4 heteroatoms. The highest BCUT2D eigenvalue weighted by Crippen LogP contribution is 1.94. The minimum Gasteiger partial charge on any atom is -0.359 e. The van der Waals surface area contributed by atoms with Gasteiger partial charge in [-0.3, -0.25) is 4.79 Å². The number of hydrogen-bond acceptors (Lipinski definition) is 2. The predicted octanol–water partition coefficient (Wildman–Crippen LogP) is -0.291. The van der Waals surface area contributed by atoms with Crippen molar-refractivity contribution in [1.82, 2.24) is 14.9 Å². The van der Waals surface area contributed by atoms with Crippen LogP contribution in [0.3, 0.4) is 0 Å². The van der Waals surface area contributed by atoms with Gasteiger partial charge < -0.3 is 9.88 Å². The monoisotopic (exact) mass is 153 g/mol. The van der Waals surface area contributed by atoms with Crippen LogP contribution in [-0.4, -0.2) is 22.5 Å². The SMILES string of the molecule is CNC(=O)Cc1cn(C)cn1. The number of nitrogens with zero attached hydrogens (tertiary/aromatic N) is 2. The molecule has 1 aromatic heterocycles. The second-order valence-corrected chi connectivity index (χ2v) is 2.38. The summed E-state index contributed by atoms with van der Waals surface area (Å²) in [6, 6.07) is 0. The van der Waals surface area contributed by atoms with Crippen molar-refractivity contribution in [3.63, 3.8) is 0 Å². The highest BCUT2D eigenvalue weighted by atomic mass is 16.1. The summed E-state index contributed by atoms with van der Waals surface area (Å²) in [6.45, 7) is 0. The van der Waals surface area contributed by atoms with E-state index in [0.29, 0.717) is 6.42 Å². The Morgan fingerprint density at radius 1 is 1.82 bits per heavy atom. The van der Waals surface area contributed by atoms with Gasteiger partial charge in [0.15, 0.2) is 0 Å². The molecule has 11 heavy (non-hydrogen) atoms. The summed E-state index contributed by atoms with van der Waals surface area (Å²) in [5.74, 6) is -0.0105. The van der Waals surface area contributed by atoms with E-state index in [1.54, 1.807) is 13.4 Å². The Bertz CT molecular complexity index is 254. The number of amides is 1. The Balaban J connectivity index is 2.57. The second kappa shape index (κ2) is 3.18. The number of carbonyl (C=O) groups excluding carboxylic acids is 1. The van der Waals surface area contributed by atoms with Crippen LogP contribution in [0.4, 0.5) is 0 Å². The van der Waals surface area contributed by atoms with Gasteiger partial charge in [-0.2, -0.15) is 0 Å². The second-order valence-electron chi connectivity index (χ2n) is 2.38. The van der Waals surface area contributed by atoms with Gasteiger partial charge in [0, 0.05) is 20.3 Å². The normalized spacial score (nSPS) is 9.64. The van der Waals surface area contributed by atoms with Gasteiger partial charge in [0.25, 0.3) is 0 Å². The number of nitrogens with one attached hydrogen (secondary N) is 1. The molecule has 1 aromatic rings. The lowest BCUT2D eigenvalue weighted by Gasteiger charge is -1.93. The molecule has 1 amide bonds. The number of aromatic nitrogens is 2. The van der Waals surface area contributed by atoms with E-state index in [-0.39, 0.29) is 5.91 Å². The van der Waals surface area contributed by atoms with Crippen LogP contribution in [0.25, 0.3) is 0 Å². The van der Waals surface area contributed by atoms with E-state index in [1.807, 2.05) is 17.8 Å². The largest absolute Gasteiger partial charge is 0.359 e. The van der Waals surface area contributed by atoms with Crippen LogP contribution < -0.4 is 5.32 Å². The summed E-state index contributed by atoms with van der Waals surface area (Å²) < 4.78 is 1.82. The lowest BCUT2D eigenvalue weighted by Crippen LogP contribution is -2.20. The standard InChI is InChI=1S/C7H11N3O/c1-8-7(11)3-6-4-10(2)5-9-6/h4-5H,3H2,1-2H3,(H,8,11). The molecule has 0 aliphatic carbocycles. The lowest BCUT2D eigenvalue weighted by atomic mass is 10.3. The van der Waals surface area contributed by atoms with Crippen LogP contribution in [0.15, 0.2) is 12.5 Å². The summed E-state index contributed by atoms with van der Waals surface area (Å²) in [5.41, 5.74) is 0.798. The molecule has 0 aliphatic rings. The van der Waals surface area contributed by atoms with E-state index in [9.17, 15) is 4.79 Å². The molecule has 1 N–H and O–H groups in total. The first-order chi connectivity index (χ1) is 5.22. The lowest BCUT2D eigenvalue weighted by molar-refractivity contribution is -0.120. The zero-order chi connectivity index (χ0) is 8.27. The van der Waals surface area contributed by atoms with Crippen LogP contribution in [0.1, 0.15) is 5.69 Å². The van der Waals surface area contributed by atoms with E-state index in [4.69, 9.17) is 0 Å². The van der Waals surface area contributed by atoms with Crippen molar-refractivity contribution in [2.75, 3.05) is 7.05 Å². The van der Waals surface area contributed by atoms with Crippen molar-refractivity contribution in [3.05, 3.63) is 18.2 Å². The van der Waals surface area contributed by atoms with Gasteiger partial charge >= 0.3 is 0 Å².